The Balaban J connectivity index is 2.34. The molecular weight excluding hydrogens is 258 g/mol. The van der Waals surface area contributed by atoms with E-state index in [-0.39, 0.29) is 0 Å². The number of aliphatic carboxylic acids is 1. The predicted octanol–water partition coefficient (Wildman–Crippen LogP) is 1.74. The number of ether oxygens (including phenoxy) is 1. The molecule has 0 amide bonds. The van der Waals surface area contributed by atoms with Crippen molar-refractivity contribution in [2.24, 2.45) is 5.41 Å². The molecule has 0 aromatic heterocycles. The maximum atomic E-state index is 11.5. The van der Waals surface area contributed by atoms with Crippen molar-refractivity contribution in [2.75, 3.05) is 32.8 Å². The van der Waals surface area contributed by atoms with E-state index in [0.717, 1.165) is 25.8 Å². The van der Waals surface area contributed by atoms with E-state index >= 15 is 0 Å². The zero-order valence-corrected chi connectivity index (χ0v) is 12.8. The number of β-amino-alcohol motifs (C(OH)–C–C–N with tert-alkyl or cyclic N) is 1. The van der Waals surface area contributed by atoms with Crippen LogP contribution in [0.15, 0.2) is 0 Å². The van der Waals surface area contributed by atoms with Crippen molar-refractivity contribution in [3.8, 4) is 0 Å². The summed E-state index contributed by atoms with van der Waals surface area (Å²) in [5, 5.41) is 19.4. The molecule has 0 radical (unpaired) electrons. The van der Waals surface area contributed by atoms with Gasteiger partial charge in [-0.3, -0.25) is 9.69 Å². The summed E-state index contributed by atoms with van der Waals surface area (Å²) in [6, 6.07) is 0. The average Bonchev–Trinajstić information content (AvgIpc) is 2.80. The Morgan fingerprint density at radius 2 is 2.15 bits per heavy atom. The molecule has 2 unspecified atom stereocenters. The van der Waals surface area contributed by atoms with Gasteiger partial charge in [-0.2, -0.15) is 0 Å². The third kappa shape index (κ3) is 5.04. The number of rotatable bonds is 10. The molecule has 0 spiro atoms. The minimum Gasteiger partial charge on any atom is -0.481 e. The summed E-state index contributed by atoms with van der Waals surface area (Å²) in [6.45, 7) is 6.94. The molecule has 20 heavy (non-hydrogen) atoms. The second-order valence-electron chi connectivity index (χ2n) is 5.90. The van der Waals surface area contributed by atoms with Crippen LogP contribution < -0.4 is 0 Å². The molecule has 5 nitrogen and oxygen atoms in total. The quantitative estimate of drug-likeness (QED) is 0.599. The van der Waals surface area contributed by atoms with E-state index in [0.29, 0.717) is 39.1 Å². The molecule has 2 N–H and O–H groups in total. The third-order valence-electron chi connectivity index (χ3n) is 4.04. The molecule has 1 aliphatic rings. The molecule has 0 aromatic carbocycles. The van der Waals surface area contributed by atoms with Gasteiger partial charge >= 0.3 is 5.97 Å². The van der Waals surface area contributed by atoms with Crippen LogP contribution in [0.2, 0.25) is 0 Å². The summed E-state index contributed by atoms with van der Waals surface area (Å²) < 4.78 is 5.40. The number of aliphatic hydroxyl groups excluding tert-OH is 1. The van der Waals surface area contributed by atoms with Crippen LogP contribution in [-0.4, -0.2) is 60.0 Å². The fourth-order valence-corrected chi connectivity index (χ4v) is 2.89. The molecule has 1 fully saturated rings. The third-order valence-corrected chi connectivity index (χ3v) is 4.04. The highest BCUT2D eigenvalue weighted by molar-refractivity contribution is 5.75. The zero-order chi connectivity index (χ0) is 15.0. The number of carbonyl (C=O) groups is 1. The Kier molecular flexibility index (Phi) is 7.48. The lowest BCUT2D eigenvalue weighted by molar-refractivity contribution is -0.148. The van der Waals surface area contributed by atoms with Crippen LogP contribution in [0.1, 0.15) is 46.0 Å². The molecular formula is C15H29NO4. The van der Waals surface area contributed by atoms with Gasteiger partial charge in [-0.25, -0.2) is 0 Å². The summed E-state index contributed by atoms with van der Waals surface area (Å²) in [4.78, 5) is 13.5. The summed E-state index contributed by atoms with van der Waals surface area (Å²) in [5.41, 5.74) is -0.614. The average molecular weight is 287 g/mol. The molecule has 1 rings (SSSR count). The van der Waals surface area contributed by atoms with E-state index in [2.05, 4.69) is 11.8 Å². The maximum absolute atomic E-state index is 11.5. The molecule has 5 heteroatoms. The van der Waals surface area contributed by atoms with Gasteiger partial charge in [-0.1, -0.05) is 26.7 Å². The predicted molar refractivity (Wildman–Crippen MR) is 77.8 cm³/mol. The van der Waals surface area contributed by atoms with E-state index in [4.69, 9.17) is 4.74 Å². The first-order chi connectivity index (χ1) is 9.54. The topological polar surface area (TPSA) is 70.0 Å². The monoisotopic (exact) mass is 287 g/mol. The van der Waals surface area contributed by atoms with Crippen LogP contribution in [0.5, 0.6) is 0 Å². The van der Waals surface area contributed by atoms with Crippen molar-refractivity contribution in [3.63, 3.8) is 0 Å². The van der Waals surface area contributed by atoms with Crippen molar-refractivity contribution >= 4 is 5.97 Å². The molecule has 0 saturated carbocycles. The largest absolute Gasteiger partial charge is 0.481 e. The van der Waals surface area contributed by atoms with Crippen molar-refractivity contribution in [1.82, 2.24) is 4.90 Å². The Morgan fingerprint density at radius 3 is 2.75 bits per heavy atom. The van der Waals surface area contributed by atoms with Crippen LogP contribution >= 0.6 is 0 Å². The van der Waals surface area contributed by atoms with Gasteiger partial charge in [-0.05, 0) is 25.8 Å². The van der Waals surface area contributed by atoms with E-state index in [1.54, 1.807) is 0 Å². The Hall–Kier alpha value is -0.650. The smallest absolute Gasteiger partial charge is 0.310 e. The Labute approximate surface area is 121 Å². The van der Waals surface area contributed by atoms with Crippen LogP contribution in [0.25, 0.3) is 0 Å². The van der Waals surface area contributed by atoms with E-state index in [1.807, 2.05) is 6.92 Å². The summed E-state index contributed by atoms with van der Waals surface area (Å²) >= 11 is 0. The van der Waals surface area contributed by atoms with Gasteiger partial charge < -0.3 is 14.9 Å². The van der Waals surface area contributed by atoms with Gasteiger partial charge in [0, 0.05) is 19.7 Å². The molecule has 0 bridgehead atoms. The molecule has 1 saturated heterocycles. The number of hydrogen-bond acceptors (Lipinski definition) is 4. The van der Waals surface area contributed by atoms with Gasteiger partial charge in [0.2, 0.25) is 0 Å². The Bertz CT molecular complexity index is 298. The first kappa shape index (κ1) is 17.4. The minimum absolute atomic E-state index is 0.338. The van der Waals surface area contributed by atoms with E-state index in [1.165, 1.54) is 0 Å². The van der Waals surface area contributed by atoms with Crippen molar-refractivity contribution in [2.45, 2.75) is 52.1 Å². The van der Waals surface area contributed by atoms with Gasteiger partial charge in [0.25, 0.3) is 0 Å². The summed E-state index contributed by atoms with van der Waals surface area (Å²) in [5.74, 6) is -0.699. The van der Waals surface area contributed by atoms with E-state index in [9.17, 15) is 15.0 Å². The highest BCUT2D eigenvalue weighted by Crippen LogP contribution is 2.35. The molecule has 0 aliphatic carbocycles. The highest BCUT2D eigenvalue weighted by atomic mass is 16.5. The standard InChI is InChI=1S/C15H29NO4/c1-3-5-9-20-11-13(17)10-16-8-7-15(12-16,6-4-2)14(18)19/h13,17H,3-12H2,1-2H3,(H,18,19). The number of likely N-dealkylation sites (tertiary alicyclic amines) is 1. The lowest BCUT2D eigenvalue weighted by Gasteiger charge is -2.25. The fourth-order valence-electron chi connectivity index (χ4n) is 2.89. The number of aliphatic hydroxyl groups is 1. The minimum atomic E-state index is -0.699. The summed E-state index contributed by atoms with van der Waals surface area (Å²) in [7, 11) is 0. The number of carboxylic acid groups (broad SMARTS) is 1. The van der Waals surface area contributed by atoms with Crippen LogP contribution in [-0.2, 0) is 9.53 Å². The Morgan fingerprint density at radius 1 is 1.40 bits per heavy atom. The number of nitrogens with zero attached hydrogens (tertiary/aromatic N) is 1. The summed E-state index contributed by atoms with van der Waals surface area (Å²) in [6.07, 6.45) is 3.83. The molecule has 1 heterocycles. The van der Waals surface area contributed by atoms with Crippen molar-refractivity contribution < 1.29 is 19.7 Å². The van der Waals surface area contributed by atoms with Gasteiger partial charge in [0.1, 0.15) is 0 Å². The molecule has 0 aromatic rings. The normalized spacial score (nSPS) is 24.9. The molecule has 1 aliphatic heterocycles. The van der Waals surface area contributed by atoms with Gasteiger partial charge in [0.05, 0.1) is 18.1 Å². The number of unbranched alkanes of at least 4 members (excludes halogenated alkanes) is 1. The second-order valence-corrected chi connectivity index (χ2v) is 5.90. The van der Waals surface area contributed by atoms with Crippen molar-refractivity contribution in [3.05, 3.63) is 0 Å². The lowest BCUT2D eigenvalue weighted by atomic mass is 9.83. The van der Waals surface area contributed by atoms with Crippen molar-refractivity contribution in [1.29, 1.82) is 0 Å². The zero-order valence-electron chi connectivity index (χ0n) is 12.8. The van der Waals surface area contributed by atoms with Crippen LogP contribution in [0.4, 0.5) is 0 Å². The SMILES string of the molecule is CCCCOCC(O)CN1CCC(CCC)(C(=O)O)C1. The van der Waals surface area contributed by atoms with Gasteiger partial charge in [0.15, 0.2) is 0 Å². The first-order valence-electron chi connectivity index (χ1n) is 7.75. The first-order valence-corrected chi connectivity index (χ1v) is 7.75. The second kappa shape index (κ2) is 8.60. The van der Waals surface area contributed by atoms with Crippen LogP contribution in [0, 0.1) is 5.41 Å². The highest BCUT2D eigenvalue weighted by Gasteiger charge is 2.44. The molecule has 2 atom stereocenters. The number of carboxylic acids is 1. The maximum Gasteiger partial charge on any atom is 0.310 e. The fraction of sp³-hybridized carbons (Fsp3) is 0.933. The molecule has 118 valence electrons. The lowest BCUT2D eigenvalue weighted by Crippen LogP contribution is -2.38. The van der Waals surface area contributed by atoms with Gasteiger partial charge in [-0.15, -0.1) is 0 Å². The number of hydrogen-bond donors (Lipinski definition) is 2. The van der Waals surface area contributed by atoms with Crippen LogP contribution in [0.3, 0.4) is 0 Å². The van der Waals surface area contributed by atoms with E-state index < -0.39 is 17.5 Å².